The molecule has 1 fully saturated rings. The average molecular weight is 313 g/mol. The molecule has 0 aromatic heterocycles. The minimum atomic E-state index is -3.63. The Hall–Kier alpha value is -1.11. The van der Waals surface area contributed by atoms with Crippen LogP contribution in [-0.4, -0.2) is 32.3 Å². The summed E-state index contributed by atoms with van der Waals surface area (Å²) in [6, 6.07) is 6.34. The van der Waals surface area contributed by atoms with E-state index in [2.05, 4.69) is 4.72 Å². The van der Waals surface area contributed by atoms with Crippen LogP contribution in [0.5, 0.6) is 5.75 Å². The molecule has 0 unspecified atom stereocenters. The van der Waals surface area contributed by atoms with Crippen molar-refractivity contribution in [3.63, 3.8) is 0 Å². The first-order chi connectivity index (χ1) is 10.0. The summed E-state index contributed by atoms with van der Waals surface area (Å²) in [4.78, 5) is 0.198. The quantitative estimate of drug-likeness (QED) is 0.843. The van der Waals surface area contributed by atoms with Crippen LogP contribution in [-0.2, 0) is 10.0 Å². The van der Waals surface area contributed by atoms with E-state index in [1.807, 2.05) is 6.92 Å². The molecule has 0 atom stereocenters. The fourth-order valence-electron chi connectivity index (χ4n) is 2.75. The number of aliphatic hydroxyl groups excluding tert-OH is 1. The number of nitrogens with one attached hydrogen (secondary N) is 1. The number of rotatable bonds is 6. The average Bonchev–Trinajstić information content (AvgIpc) is 2.49. The number of sulfonamides is 1. The zero-order chi connectivity index (χ0) is 15.3. The molecular weight excluding hydrogens is 290 g/mol. The number of benzene rings is 1. The lowest BCUT2D eigenvalue weighted by Crippen LogP contribution is -2.52. The van der Waals surface area contributed by atoms with Gasteiger partial charge >= 0.3 is 0 Å². The Kier molecular flexibility index (Phi) is 5.24. The van der Waals surface area contributed by atoms with Gasteiger partial charge < -0.3 is 9.84 Å². The lowest BCUT2D eigenvalue weighted by molar-refractivity contribution is 0.142. The van der Waals surface area contributed by atoms with Gasteiger partial charge in [0.15, 0.2) is 0 Å². The summed E-state index contributed by atoms with van der Waals surface area (Å²) < 4.78 is 33.0. The van der Waals surface area contributed by atoms with Gasteiger partial charge in [-0.1, -0.05) is 19.3 Å². The van der Waals surface area contributed by atoms with Crippen LogP contribution in [0.2, 0.25) is 0 Å². The molecule has 21 heavy (non-hydrogen) atoms. The Morgan fingerprint density at radius 2 is 1.81 bits per heavy atom. The number of hydrogen-bond acceptors (Lipinski definition) is 4. The van der Waals surface area contributed by atoms with Crippen LogP contribution in [0.15, 0.2) is 29.2 Å². The van der Waals surface area contributed by atoms with Crippen molar-refractivity contribution in [3.05, 3.63) is 24.3 Å². The summed E-state index contributed by atoms with van der Waals surface area (Å²) in [7, 11) is -3.63. The van der Waals surface area contributed by atoms with Crippen LogP contribution in [0.4, 0.5) is 0 Å². The van der Waals surface area contributed by atoms with Gasteiger partial charge in [-0.3, -0.25) is 0 Å². The van der Waals surface area contributed by atoms with E-state index in [4.69, 9.17) is 4.74 Å². The summed E-state index contributed by atoms with van der Waals surface area (Å²) in [6.07, 6.45) is 4.32. The fourth-order valence-corrected chi connectivity index (χ4v) is 4.20. The monoisotopic (exact) mass is 313 g/mol. The molecule has 2 rings (SSSR count). The van der Waals surface area contributed by atoms with E-state index in [0.717, 1.165) is 19.3 Å². The lowest BCUT2D eigenvalue weighted by atomic mass is 9.83. The summed E-state index contributed by atoms with van der Waals surface area (Å²) in [6.45, 7) is 2.25. The van der Waals surface area contributed by atoms with Gasteiger partial charge in [-0.2, -0.15) is 0 Å². The molecule has 6 heteroatoms. The zero-order valence-corrected chi connectivity index (χ0v) is 13.2. The topological polar surface area (TPSA) is 75.6 Å². The standard InChI is InChI=1S/C15H23NO4S/c1-2-20-13-6-8-14(9-7-13)21(18,19)16-15(12-17)10-4-3-5-11-15/h6-9,16-17H,2-5,10-12H2,1H3. The van der Waals surface area contributed by atoms with E-state index in [9.17, 15) is 13.5 Å². The van der Waals surface area contributed by atoms with Crippen LogP contribution in [0.3, 0.4) is 0 Å². The molecule has 1 aromatic rings. The largest absolute Gasteiger partial charge is 0.494 e. The van der Waals surface area contributed by atoms with E-state index in [1.165, 1.54) is 12.1 Å². The molecule has 1 saturated carbocycles. The third-order valence-corrected chi connectivity index (χ3v) is 5.50. The SMILES string of the molecule is CCOc1ccc(S(=O)(=O)NC2(CO)CCCCC2)cc1. The molecule has 118 valence electrons. The van der Waals surface area contributed by atoms with Gasteiger partial charge in [0, 0.05) is 0 Å². The minimum Gasteiger partial charge on any atom is -0.494 e. The molecule has 0 heterocycles. The second-order valence-electron chi connectivity index (χ2n) is 5.51. The summed E-state index contributed by atoms with van der Waals surface area (Å²) in [5, 5.41) is 9.62. The minimum absolute atomic E-state index is 0.163. The molecule has 0 bridgehead atoms. The Morgan fingerprint density at radius 3 is 2.33 bits per heavy atom. The van der Waals surface area contributed by atoms with Crippen molar-refractivity contribution in [2.24, 2.45) is 0 Å². The van der Waals surface area contributed by atoms with Crippen LogP contribution in [0.25, 0.3) is 0 Å². The van der Waals surface area contributed by atoms with Crippen LogP contribution < -0.4 is 9.46 Å². The highest BCUT2D eigenvalue weighted by Crippen LogP contribution is 2.29. The highest BCUT2D eigenvalue weighted by molar-refractivity contribution is 7.89. The molecule has 2 N–H and O–H groups in total. The molecule has 0 radical (unpaired) electrons. The summed E-state index contributed by atoms with van der Waals surface area (Å²) in [5.74, 6) is 0.644. The van der Waals surface area contributed by atoms with Crippen molar-refractivity contribution < 1.29 is 18.3 Å². The normalized spacial score (nSPS) is 18.4. The van der Waals surface area contributed by atoms with Gasteiger partial charge in [0.05, 0.1) is 23.6 Å². The first kappa shape index (κ1) is 16.3. The number of hydrogen-bond donors (Lipinski definition) is 2. The van der Waals surface area contributed by atoms with Gasteiger partial charge in [0.2, 0.25) is 10.0 Å². The third-order valence-electron chi connectivity index (χ3n) is 3.91. The third kappa shape index (κ3) is 3.96. The maximum absolute atomic E-state index is 12.5. The Labute approximate surface area is 126 Å². The van der Waals surface area contributed by atoms with E-state index >= 15 is 0 Å². The van der Waals surface area contributed by atoms with Crippen LogP contribution >= 0.6 is 0 Å². The predicted molar refractivity (Wildman–Crippen MR) is 80.8 cm³/mol. The first-order valence-corrected chi connectivity index (χ1v) is 8.87. The smallest absolute Gasteiger partial charge is 0.241 e. The van der Waals surface area contributed by atoms with Crippen molar-refractivity contribution in [3.8, 4) is 5.75 Å². The van der Waals surface area contributed by atoms with Gasteiger partial charge in [0.25, 0.3) is 0 Å². The summed E-state index contributed by atoms with van der Waals surface area (Å²) in [5.41, 5.74) is -0.713. The Morgan fingerprint density at radius 1 is 1.19 bits per heavy atom. The van der Waals surface area contributed by atoms with E-state index in [1.54, 1.807) is 12.1 Å². The highest BCUT2D eigenvalue weighted by atomic mass is 32.2. The molecule has 1 aliphatic carbocycles. The molecule has 1 aliphatic rings. The highest BCUT2D eigenvalue weighted by Gasteiger charge is 2.35. The number of ether oxygens (including phenoxy) is 1. The molecular formula is C15H23NO4S. The van der Waals surface area contributed by atoms with Gasteiger partial charge in [-0.05, 0) is 44.0 Å². The Balaban J connectivity index is 2.16. The van der Waals surface area contributed by atoms with Crippen LogP contribution in [0, 0.1) is 0 Å². The van der Waals surface area contributed by atoms with E-state index < -0.39 is 15.6 Å². The van der Waals surface area contributed by atoms with Crippen molar-refractivity contribution in [1.82, 2.24) is 4.72 Å². The predicted octanol–water partition coefficient (Wildman–Crippen LogP) is 2.06. The molecule has 0 aliphatic heterocycles. The van der Waals surface area contributed by atoms with Crippen molar-refractivity contribution in [2.45, 2.75) is 49.5 Å². The molecule has 5 nitrogen and oxygen atoms in total. The maximum atomic E-state index is 12.5. The molecule has 0 amide bonds. The molecule has 1 aromatic carbocycles. The van der Waals surface area contributed by atoms with Crippen LogP contribution in [0.1, 0.15) is 39.0 Å². The first-order valence-electron chi connectivity index (χ1n) is 7.39. The van der Waals surface area contributed by atoms with Gasteiger partial charge in [-0.15, -0.1) is 0 Å². The van der Waals surface area contributed by atoms with Crippen molar-refractivity contribution >= 4 is 10.0 Å². The zero-order valence-electron chi connectivity index (χ0n) is 12.3. The second-order valence-corrected chi connectivity index (χ2v) is 7.19. The van der Waals surface area contributed by atoms with Crippen molar-refractivity contribution in [1.29, 1.82) is 0 Å². The number of aliphatic hydroxyl groups is 1. The van der Waals surface area contributed by atoms with E-state index in [0.29, 0.717) is 25.2 Å². The van der Waals surface area contributed by atoms with Gasteiger partial charge in [-0.25, -0.2) is 13.1 Å². The maximum Gasteiger partial charge on any atom is 0.241 e. The second kappa shape index (κ2) is 6.77. The lowest BCUT2D eigenvalue weighted by Gasteiger charge is -2.36. The fraction of sp³-hybridized carbons (Fsp3) is 0.600. The van der Waals surface area contributed by atoms with E-state index in [-0.39, 0.29) is 11.5 Å². The summed E-state index contributed by atoms with van der Waals surface area (Å²) >= 11 is 0. The molecule has 0 saturated heterocycles. The van der Waals surface area contributed by atoms with Crippen molar-refractivity contribution in [2.75, 3.05) is 13.2 Å². The Bertz CT molecular complexity index is 548. The molecule has 0 spiro atoms. The van der Waals surface area contributed by atoms with Gasteiger partial charge in [0.1, 0.15) is 5.75 Å².